The molecule has 0 spiro atoms. The van der Waals surface area contributed by atoms with Gasteiger partial charge in [0, 0.05) is 25.7 Å². The summed E-state index contributed by atoms with van der Waals surface area (Å²) < 4.78 is 34.0. The molecule has 0 radical (unpaired) electrons. The Labute approximate surface area is 129 Å². The molecular weight excluding hydrogens is 302 g/mol. The highest BCUT2D eigenvalue weighted by Crippen LogP contribution is 2.30. The van der Waals surface area contributed by atoms with E-state index < -0.39 is 6.61 Å². The normalized spacial score (nSPS) is 18.6. The van der Waals surface area contributed by atoms with Crippen LogP contribution >= 0.6 is 12.4 Å². The lowest BCUT2D eigenvalue weighted by molar-refractivity contribution is -0.0512. The quantitative estimate of drug-likeness (QED) is 0.872. The van der Waals surface area contributed by atoms with Crippen molar-refractivity contribution in [1.29, 1.82) is 0 Å². The Morgan fingerprint density at radius 1 is 1.38 bits per heavy atom. The molecule has 4 nitrogen and oxygen atoms in total. The minimum atomic E-state index is -2.84. The Kier molecular flexibility index (Phi) is 7.14. The van der Waals surface area contributed by atoms with E-state index in [0.717, 1.165) is 31.6 Å². The fourth-order valence-electron chi connectivity index (χ4n) is 2.47. The molecule has 1 aromatic rings. The summed E-state index contributed by atoms with van der Waals surface area (Å²) in [5.74, 6) is 0.410. The highest BCUT2D eigenvalue weighted by Gasteiger charge is 2.21. The molecule has 1 aliphatic heterocycles. The molecule has 1 unspecified atom stereocenters. The standard InChI is InChI=1S/C14H20F2N2O2.ClH/c1-17-11-5-6-18(9-11)8-10-3-4-12(20-14(15)16)13(7-10)19-2;/h3-4,7,11,14,17H,5-6,8-9H2,1-2H3;1H. The van der Waals surface area contributed by atoms with Crippen molar-refractivity contribution in [2.24, 2.45) is 0 Å². The number of likely N-dealkylation sites (N-methyl/N-ethyl adjacent to an activating group) is 1. The van der Waals surface area contributed by atoms with Gasteiger partial charge in [-0.25, -0.2) is 0 Å². The van der Waals surface area contributed by atoms with Crippen LogP contribution in [-0.2, 0) is 6.54 Å². The van der Waals surface area contributed by atoms with Gasteiger partial charge >= 0.3 is 6.61 Å². The molecule has 2 rings (SSSR count). The van der Waals surface area contributed by atoms with Gasteiger partial charge in [0.1, 0.15) is 0 Å². The molecule has 1 fully saturated rings. The summed E-state index contributed by atoms with van der Waals surface area (Å²) in [7, 11) is 3.41. The summed E-state index contributed by atoms with van der Waals surface area (Å²) in [6.45, 7) is -0.0366. The Morgan fingerprint density at radius 3 is 2.71 bits per heavy atom. The van der Waals surface area contributed by atoms with E-state index in [1.54, 1.807) is 12.1 Å². The van der Waals surface area contributed by atoms with Gasteiger partial charge in [0.05, 0.1) is 7.11 Å². The van der Waals surface area contributed by atoms with Crippen LogP contribution in [0.4, 0.5) is 8.78 Å². The van der Waals surface area contributed by atoms with Gasteiger partial charge in [0.25, 0.3) is 0 Å². The lowest BCUT2D eigenvalue weighted by Crippen LogP contribution is -2.29. The topological polar surface area (TPSA) is 33.7 Å². The summed E-state index contributed by atoms with van der Waals surface area (Å²) in [6.07, 6.45) is 1.13. The average molecular weight is 323 g/mol. The van der Waals surface area contributed by atoms with Crippen molar-refractivity contribution in [1.82, 2.24) is 10.2 Å². The second-order valence-corrected chi connectivity index (χ2v) is 4.87. The van der Waals surface area contributed by atoms with Crippen molar-refractivity contribution in [3.05, 3.63) is 23.8 Å². The number of halogens is 3. The van der Waals surface area contributed by atoms with Gasteiger partial charge in [-0.3, -0.25) is 4.90 Å². The fourth-order valence-corrected chi connectivity index (χ4v) is 2.47. The molecule has 21 heavy (non-hydrogen) atoms. The van der Waals surface area contributed by atoms with Crippen LogP contribution < -0.4 is 14.8 Å². The molecule has 1 heterocycles. The largest absolute Gasteiger partial charge is 0.493 e. The molecule has 0 aliphatic carbocycles. The zero-order valence-electron chi connectivity index (χ0n) is 12.1. The number of alkyl halides is 2. The van der Waals surface area contributed by atoms with Crippen LogP contribution in [0, 0.1) is 0 Å². The molecule has 1 atom stereocenters. The first-order valence-electron chi connectivity index (χ1n) is 6.63. The first-order chi connectivity index (χ1) is 9.62. The molecule has 120 valence electrons. The summed E-state index contributed by atoms with van der Waals surface area (Å²) in [4.78, 5) is 2.32. The van der Waals surface area contributed by atoms with Gasteiger partial charge < -0.3 is 14.8 Å². The van der Waals surface area contributed by atoms with Crippen molar-refractivity contribution >= 4 is 12.4 Å². The Bertz CT molecular complexity index is 449. The minimum Gasteiger partial charge on any atom is -0.493 e. The molecule has 1 N–H and O–H groups in total. The zero-order chi connectivity index (χ0) is 14.5. The van der Waals surface area contributed by atoms with Crippen LogP contribution in [0.25, 0.3) is 0 Å². The van der Waals surface area contributed by atoms with Crippen LogP contribution in [0.15, 0.2) is 18.2 Å². The molecule has 1 aromatic carbocycles. The second-order valence-electron chi connectivity index (χ2n) is 4.87. The van der Waals surface area contributed by atoms with Gasteiger partial charge in [0.2, 0.25) is 0 Å². The molecule has 0 bridgehead atoms. The number of likely N-dealkylation sites (tertiary alicyclic amines) is 1. The van der Waals surface area contributed by atoms with Crippen LogP contribution in [0.3, 0.4) is 0 Å². The lowest BCUT2D eigenvalue weighted by atomic mass is 10.2. The molecular formula is C14H21ClF2N2O2. The Balaban J connectivity index is 0.00000220. The SMILES string of the molecule is CNC1CCN(Cc2ccc(OC(F)F)c(OC)c2)C1.Cl. The van der Waals surface area contributed by atoms with Crippen LogP contribution in [0.5, 0.6) is 11.5 Å². The first kappa shape index (κ1) is 17.9. The van der Waals surface area contributed by atoms with Crippen molar-refractivity contribution in [2.75, 3.05) is 27.2 Å². The van der Waals surface area contributed by atoms with E-state index in [2.05, 4.69) is 15.0 Å². The number of rotatable bonds is 6. The fraction of sp³-hybridized carbons (Fsp3) is 0.571. The summed E-state index contributed by atoms with van der Waals surface area (Å²) in [5, 5.41) is 3.26. The van der Waals surface area contributed by atoms with Crippen LogP contribution in [0.2, 0.25) is 0 Å². The number of nitrogens with zero attached hydrogens (tertiary/aromatic N) is 1. The van der Waals surface area contributed by atoms with E-state index in [4.69, 9.17) is 4.74 Å². The molecule has 1 saturated heterocycles. The number of ether oxygens (including phenoxy) is 2. The van der Waals surface area contributed by atoms with Crippen LogP contribution in [0.1, 0.15) is 12.0 Å². The molecule has 0 saturated carbocycles. The second kappa shape index (κ2) is 8.36. The average Bonchev–Trinajstić information content (AvgIpc) is 2.87. The van der Waals surface area contributed by atoms with E-state index in [1.165, 1.54) is 13.2 Å². The van der Waals surface area contributed by atoms with Gasteiger partial charge in [-0.05, 0) is 31.2 Å². The molecule has 1 aliphatic rings. The summed E-state index contributed by atoms with van der Waals surface area (Å²) in [5.41, 5.74) is 1.03. The third-order valence-electron chi connectivity index (χ3n) is 3.53. The molecule has 0 amide bonds. The predicted octanol–water partition coefficient (Wildman–Crippen LogP) is 2.51. The van der Waals surface area contributed by atoms with E-state index in [0.29, 0.717) is 11.8 Å². The van der Waals surface area contributed by atoms with Crippen LogP contribution in [-0.4, -0.2) is 44.8 Å². The summed E-state index contributed by atoms with van der Waals surface area (Å²) in [6, 6.07) is 5.61. The predicted molar refractivity (Wildman–Crippen MR) is 79.6 cm³/mol. The van der Waals surface area contributed by atoms with E-state index in [-0.39, 0.29) is 18.2 Å². The van der Waals surface area contributed by atoms with Gasteiger partial charge in [-0.2, -0.15) is 8.78 Å². The summed E-state index contributed by atoms with van der Waals surface area (Å²) >= 11 is 0. The Morgan fingerprint density at radius 2 is 2.14 bits per heavy atom. The van der Waals surface area contributed by atoms with Crippen molar-refractivity contribution in [2.45, 2.75) is 25.6 Å². The highest BCUT2D eigenvalue weighted by atomic mass is 35.5. The number of benzene rings is 1. The zero-order valence-corrected chi connectivity index (χ0v) is 13.0. The van der Waals surface area contributed by atoms with Gasteiger partial charge in [-0.15, -0.1) is 12.4 Å². The number of methoxy groups -OCH3 is 1. The number of hydrogen-bond donors (Lipinski definition) is 1. The molecule has 7 heteroatoms. The minimum absolute atomic E-state index is 0. The van der Waals surface area contributed by atoms with E-state index >= 15 is 0 Å². The van der Waals surface area contributed by atoms with Gasteiger partial charge in [0.15, 0.2) is 11.5 Å². The monoisotopic (exact) mass is 322 g/mol. The smallest absolute Gasteiger partial charge is 0.387 e. The van der Waals surface area contributed by atoms with Crippen molar-refractivity contribution < 1.29 is 18.3 Å². The van der Waals surface area contributed by atoms with Crippen molar-refractivity contribution in [3.8, 4) is 11.5 Å². The number of hydrogen-bond acceptors (Lipinski definition) is 4. The molecule has 0 aromatic heterocycles. The number of nitrogens with one attached hydrogen (secondary N) is 1. The maximum absolute atomic E-state index is 12.3. The third kappa shape index (κ3) is 4.98. The highest BCUT2D eigenvalue weighted by molar-refractivity contribution is 5.85. The van der Waals surface area contributed by atoms with E-state index in [9.17, 15) is 8.78 Å². The van der Waals surface area contributed by atoms with Crippen molar-refractivity contribution in [3.63, 3.8) is 0 Å². The van der Waals surface area contributed by atoms with Gasteiger partial charge in [-0.1, -0.05) is 6.07 Å². The van der Waals surface area contributed by atoms with E-state index in [1.807, 2.05) is 7.05 Å². The first-order valence-corrected chi connectivity index (χ1v) is 6.63. The lowest BCUT2D eigenvalue weighted by Gasteiger charge is -2.17. The maximum atomic E-state index is 12.3. The maximum Gasteiger partial charge on any atom is 0.387 e. The third-order valence-corrected chi connectivity index (χ3v) is 3.53. The Hall–Kier alpha value is -1.11.